The summed E-state index contributed by atoms with van der Waals surface area (Å²) in [6.07, 6.45) is 4.33. The van der Waals surface area contributed by atoms with Gasteiger partial charge < -0.3 is 15.2 Å². The number of aliphatic hydroxyl groups excluding tert-OH is 1. The van der Waals surface area contributed by atoms with Crippen LogP contribution in [0, 0.1) is 5.92 Å². The molecule has 0 aromatic carbocycles. The van der Waals surface area contributed by atoms with Gasteiger partial charge in [0.1, 0.15) is 0 Å². The number of hydrogen-bond acceptors (Lipinski definition) is 4. The van der Waals surface area contributed by atoms with Crippen molar-refractivity contribution < 1.29 is 9.84 Å². The Morgan fingerprint density at radius 1 is 1.37 bits per heavy atom. The van der Waals surface area contributed by atoms with E-state index in [9.17, 15) is 5.11 Å². The second kappa shape index (κ2) is 9.02. The third-order valence-electron chi connectivity index (χ3n) is 2.81. The zero-order valence-corrected chi connectivity index (χ0v) is 12.2. The summed E-state index contributed by atoms with van der Waals surface area (Å²) in [4.78, 5) is 4.04. The van der Waals surface area contributed by atoms with Gasteiger partial charge >= 0.3 is 0 Å². The van der Waals surface area contributed by atoms with Gasteiger partial charge in [0.2, 0.25) is 0 Å². The minimum atomic E-state index is -0.466. The second-order valence-corrected chi connectivity index (χ2v) is 5.42. The average molecular weight is 266 g/mol. The highest BCUT2D eigenvalue weighted by atomic mass is 16.5. The summed E-state index contributed by atoms with van der Waals surface area (Å²) in [5.74, 6) is 0.621. The van der Waals surface area contributed by atoms with Gasteiger partial charge in [-0.2, -0.15) is 0 Å². The highest BCUT2D eigenvalue weighted by Crippen LogP contribution is 2.07. The SMILES string of the molecule is CC(C)CC(C)OCC(O)CNCc1cccnc1. The van der Waals surface area contributed by atoms with E-state index in [0.29, 0.717) is 25.6 Å². The summed E-state index contributed by atoms with van der Waals surface area (Å²) < 4.78 is 5.61. The summed E-state index contributed by atoms with van der Waals surface area (Å²) in [6, 6.07) is 3.91. The number of hydrogen-bond donors (Lipinski definition) is 2. The quantitative estimate of drug-likeness (QED) is 0.717. The lowest BCUT2D eigenvalue weighted by atomic mass is 10.1. The first kappa shape index (κ1) is 16.1. The molecule has 0 fully saturated rings. The van der Waals surface area contributed by atoms with Crippen LogP contribution < -0.4 is 5.32 Å². The van der Waals surface area contributed by atoms with Gasteiger partial charge in [-0.1, -0.05) is 19.9 Å². The van der Waals surface area contributed by atoms with E-state index in [2.05, 4.69) is 31.1 Å². The molecule has 4 heteroatoms. The van der Waals surface area contributed by atoms with Crippen molar-refractivity contribution in [2.24, 2.45) is 5.92 Å². The Morgan fingerprint density at radius 3 is 2.79 bits per heavy atom. The van der Waals surface area contributed by atoms with Crippen LogP contribution in [-0.2, 0) is 11.3 Å². The molecule has 0 bridgehead atoms. The first-order valence-corrected chi connectivity index (χ1v) is 6.97. The van der Waals surface area contributed by atoms with E-state index >= 15 is 0 Å². The van der Waals surface area contributed by atoms with Crippen LogP contribution in [0.15, 0.2) is 24.5 Å². The maximum absolute atomic E-state index is 9.81. The Morgan fingerprint density at radius 2 is 2.16 bits per heavy atom. The van der Waals surface area contributed by atoms with Gasteiger partial charge in [-0.15, -0.1) is 0 Å². The predicted octanol–water partition coefficient (Wildman–Crippen LogP) is 1.98. The van der Waals surface area contributed by atoms with Crippen LogP contribution in [0.2, 0.25) is 0 Å². The molecule has 4 nitrogen and oxygen atoms in total. The maximum atomic E-state index is 9.81. The first-order chi connectivity index (χ1) is 9.08. The number of ether oxygens (including phenoxy) is 1. The zero-order chi connectivity index (χ0) is 14.1. The molecule has 0 aliphatic heterocycles. The fourth-order valence-corrected chi connectivity index (χ4v) is 1.95. The molecule has 0 radical (unpaired) electrons. The lowest BCUT2D eigenvalue weighted by molar-refractivity contribution is -0.00857. The van der Waals surface area contributed by atoms with Crippen LogP contribution in [0.5, 0.6) is 0 Å². The number of nitrogens with one attached hydrogen (secondary N) is 1. The zero-order valence-electron chi connectivity index (χ0n) is 12.2. The van der Waals surface area contributed by atoms with Crippen molar-refractivity contribution in [1.29, 1.82) is 0 Å². The van der Waals surface area contributed by atoms with E-state index in [4.69, 9.17) is 4.74 Å². The molecule has 108 valence electrons. The molecule has 19 heavy (non-hydrogen) atoms. The molecule has 0 saturated carbocycles. The average Bonchev–Trinajstić information content (AvgIpc) is 2.37. The number of nitrogens with zero attached hydrogens (tertiary/aromatic N) is 1. The van der Waals surface area contributed by atoms with Crippen LogP contribution in [0.3, 0.4) is 0 Å². The molecule has 0 saturated heterocycles. The third-order valence-corrected chi connectivity index (χ3v) is 2.81. The largest absolute Gasteiger partial charge is 0.389 e. The van der Waals surface area contributed by atoms with Crippen LogP contribution in [0.25, 0.3) is 0 Å². The van der Waals surface area contributed by atoms with E-state index in [1.807, 2.05) is 18.3 Å². The lowest BCUT2D eigenvalue weighted by Gasteiger charge is -2.18. The molecule has 0 spiro atoms. The molecule has 1 aromatic rings. The number of aliphatic hydroxyl groups is 1. The first-order valence-electron chi connectivity index (χ1n) is 6.97. The molecular formula is C15H26N2O2. The number of aromatic nitrogens is 1. The van der Waals surface area contributed by atoms with E-state index < -0.39 is 6.10 Å². The van der Waals surface area contributed by atoms with E-state index in [1.165, 1.54) is 0 Å². The molecule has 1 heterocycles. The predicted molar refractivity (Wildman–Crippen MR) is 76.8 cm³/mol. The minimum Gasteiger partial charge on any atom is -0.389 e. The fraction of sp³-hybridized carbons (Fsp3) is 0.667. The highest BCUT2D eigenvalue weighted by Gasteiger charge is 2.09. The van der Waals surface area contributed by atoms with Crippen molar-refractivity contribution in [3.8, 4) is 0 Å². The summed E-state index contributed by atoms with van der Waals surface area (Å²) in [7, 11) is 0. The molecule has 2 N–H and O–H groups in total. The van der Waals surface area contributed by atoms with E-state index in [-0.39, 0.29) is 6.10 Å². The Balaban J connectivity index is 2.09. The monoisotopic (exact) mass is 266 g/mol. The Labute approximate surface area is 116 Å². The van der Waals surface area contributed by atoms with Gasteiger partial charge in [0, 0.05) is 25.5 Å². The van der Waals surface area contributed by atoms with E-state index in [0.717, 1.165) is 12.0 Å². The molecule has 2 unspecified atom stereocenters. The van der Waals surface area contributed by atoms with Gasteiger partial charge in [0.25, 0.3) is 0 Å². The second-order valence-electron chi connectivity index (χ2n) is 5.42. The Bertz CT molecular complexity index is 330. The van der Waals surface area contributed by atoms with Crippen LogP contribution >= 0.6 is 0 Å². The summed E-state index contributed by atoms with van der Waals surface area (Å²) in [5.41, 5.74) is 1.11. The van der Waals surface area contributed by atoms with Crippen molar-refractivity contribution in [2.45, 2.75) is 45.9 Å². The standard InChI is InChI=1S/C15H26N2O2/c1-12(2)7-13(3)19-11-15(18)10-17-9-14-5-4-6-16-8-14/h4-6,8,12-13,15,17-18H,7,9-11H2,1-3H3. The topological polar surface area (TPSA) is 54.4 Å². The maximum Gasteiger partial charge on any atom is 0.0897 e. The molecule has 2 atom stereocenters. The van der Waals surface area contributed by atoms with Gasteiger partial charge in [-0.25, -0.2) is 0 Å². The molecule has 0 amide bonds. The minimum absolute atomic E-state index is 0.202. The number of pyridine rings is 1. The van der Waals surface area contributed by atoms with Crippen LogP contribution in [0.1, 0.15) is 32.8 Å². The van der Waals surface area contributed by atoms with Gasteiger partial charge in [-0.3, -0.25) is 4.98 Å². The molecule has 1 rings (SSSR count). The summed E-state index contributed by atoms with van der Waals surface area (Å²) >= 11 is 0. The molecular weight excluding hydrogens is 240 g/mol. The smallest absolute Gasteiger partial charge is 0.0897 e. The lowest BCUT2D eigenvalue weighted by Crippen LogP contribution is -2.31. The highest BCUT2D eigenvalue weighted by molar-refractivity contribution is 5.07. The Kier molecular flexibility index (Phi) is 7.63. The normalized spacial score (nSPS) is 14.6. The number of rotatable bonds is 9. The van der Waals surface area contributed by atoms with Crippen LogP contribution in [0.4, 0.5) is 0 Å². The van der Waals surface area contributed by atoms with Crippen molar-refractivity contribution in [3.63, 3.8) is 0 Å². The van der Waals surface area contributed by atoms with Gasteiger partial charge in [-0.05, 0) is 30.9 Å². The fourth-order valence-electron chi connectivity index (χ4n) is 1.95. The molecule has 1 aromatic heterocycles. The summed E-state index contributed by atoms with van der Waals surface area (Å²) in [6.45, 7) is 8.02. The van der Waals surface area contributed by atoms with E-state index in [1.54, 1.807) is 6.20 Å². The molecule has 0 aliphatic carbocycles. The van der Waals surface area contributed by atoms with Crippen molar-refractivity contribution in [1.82, 2.24) is 10.3 Å². The van der Waals surface area contributed by atoms with Crippen molar-refractivity contribution >= 4 is 0 Å². The Hall–Kier alpha value is -0.970. The van der Waals surface area contributed by atoms with Gasteiger partial charge in [0.15, 0.2) is 0 Å². The summed E-state index contributed by atoms with van der Waals surface area (Å²) in [5, 5.41) is 13.0. The van der Waals surface area contributed by atoms with Crippen molar-refractivity contribution in [3.05, 3.63) is 30.1 Å². The van der Waals surface area contributed by atoms with Crippen LogP contribution in [-0.4, -0.2) is 35.5 Å². The molecule has 0 aliphatic rings. The van der Waals surface area contributed by atoms with Gasteiger partial charge in [0.05, 0.1) is 18.8 Å². The van der Waals surface area contributed by atoms with Crippen molar-refractivity contribution in [2.75, 3.05) is 13.2 Å². The third kappa shape index (κ3) is 7.93.